The standard InChI is InChI=1S/C16H32O2/c1-5-14(2)11-9-12-15(3)10-7-6-8-13-16(17)18-4/h14-15H,5-13H2,1-4H3. The highest BCUT2D eigenvalue weighted by molar-refractivity contribution is 5.68. The zero-order valence-corrected chi connectivity index (χ0v) is 12.8. The van der Waals surface area contributed by atoms with E-state index in [9.17, 15) is 4.79 Å². The summed E-state index contributed by atoms with van der Waals surface area (Å²) in [6, 6.07) is 0. The minimum Gasteiger partial charge on any atom is -0.469 e. The summed E-state index contributed by atoms with van der Waals surface area (Å²) in [6.07, 6.45) is 10.7. The van der Waals surface area contributed by atoms with Gasteiger partial charge < -0.3 is 4.74 Å². The molecule has 0 aliphatic heterocycles. The minimum atomic E-state index is -0.0726. The molecule has 18 heavy (non-hydrogen) atoms. The van der Waals surface area contributed by atoms with E-state index in [1.54, 1.807) is 0 Å². The molecule has 0 aromatic heterocycles. The van der Waals surface area contributed by atoms with Gasteiger partial charge in [0.15, 0.2) is 0 Å². The van der Waals surface area contributed by atoms with Gasteiger partial charge in [-0.3, -0.25) is 4.79 Å². The molecule has 2 heteroatoms. The predicted molar refractivity (Wildman–Crippen MR) is 77.6 cm³/mol. The molecule has 0 saturated heterocycles. The van der Waals surface area contributed by atoms with E-state index in [-0.39, 0.29) is 5.97 Å². The van der Waals surface area contributed by atoms with Gasteiger partial charge in [0.05, 0.1) is 7.11 Å². The van der Waals surface area contributed by atoms with E-state index in [1.165, 1.54) is 45.6 Å². The van der Waals surface area contributed by atoms with Crippen LogP contribution < -0.4 is 0 Å². The molecular weight excluding hydrogens is 224 g/mol. The van der Waals surface area contributed by atoms with Gasteiger partial charge in [0.1, 0.15) is 0 Å². The molecule has 0 saturated carbocycles. The number of ether oxygens (including phenoxy) is 1. The molecule has 0 aliphatic carbocycles. The van der Waals surface area contributed by atoms with Crippen molar-refractivity contribution in [1.82, 2.24) is 0 Å². The fourth-order valence-corrected chi connectivity index (χ4v) is 2.20. The molecule has 0 N–H and O–H groups in total. The van der Waals surface area contributed by atoms with Gasteiger partial charge in [0.25, 0.3) is 0 Å². The van der Waals surface area contributed by atoms with Crippen LogP contribution in [-0.4, -0.2) is 13.1 Å². The summed E-state index contributed by atoms with van der Waals surface area (Å²) in [7, 11) is 1.46. The number of hydrogen-bond acceptors (Lipinski definition) is 2. The summed E-state index contributed by atoms with van der Waals surface area (Å²) < 4.78 is 4.63. The lowest BCUT2D eigenvalue weighted by molar-refractivity contribution is -0.140. The zero-order chi connectivity index (χ0) is 13.8. The Kier molecular flexibility index (Phi) is 11.2. The molecule has 0 fully saturated rings. The van der Waals surface area contributed by atoms with Gasteiger partial charge in [0, 0.05) is 6.42 Å². The maximum Gasteiger partial charge on any atom is 0.305 e. The van der Waals surface area contributed by atoms with E-state index >= 15 is 0 Å². The van der Waals surface area contributed by atoms with Gasteiger partial charge in [-0.1, -0.05) is 65.7 Å². The molecule has 0 heterocycles. The minimum absolute atomic E-state index is 0.0726. The average molecular weight is 256 g/mol. The first-order chi connectivity index (χ1) is 8.60. The largest absolute Gasteiger partial charge is 0.469 e. The van der Waals surface area contributed by atoms with Crippen molar-refractivity contribution in [1.29, 1.82) is 0 Å². The average Bonchev–Trinajstić information content (AvgIpc) is 2.37. The van der Waals surface area contributed by atoms with Gasteiger partial charge in [0.2, 0.25) is 0 Å². The van der Waals surface area contributed by atoms with Gasteiger partial charge in [-0.25, -0.2) is 0 Å². The van der Waals surface area contributed by atoms with Crippen LogP contribution in [0.3, 0.4) is 0 Å². The first kappa shape index (κ1) is 17.5. The Bertz CT molecular complexity index is 201. The summed E-state index contributed by atoms with van der Waals surface area (Å²) >= 11 is 0. The lowest BCUT2D eigenvalue weighted by Gasteiger charge is -2.13. The molecule has 0 aromatic carbocycles. The summed E-state index contributed by atoms with van der Waals surface area (Å²) in [4.78, 5) is 10.9. The first-order valence-corrected chi connectivity index (χ1v) is 7.66. The van der Waals surface area contributed by atoms with Crippen LogP contribution >= 0.6 is 0 Å². The maximum atomic E-state index is 10.9. The Balaban J connectivity index is 3.31. The molecule has 0 bridgehead atoms. The van der Waals surface area contributed by atoms with Gasteiger partial charge in [-0.2, -0.15) is 0 Å². The zero-order valence-electron chi connectivity index (χ0n) is 12.8. The first-order valence-electron chi connectivity index (χ1n) is 7.66. The second-order valence-corrected chi connectivity index (χ2v) is 5.72. The second-order valence-electron chi connectivity index (χ2n) is 5.72. The van der Waals surface area contributed by atoms with E-state index in [1.807, 2.05) is 0 Å². The molecule has 0 radical (unpaired) electrons. The lowest BCUT2D eigenvalue weighted by Crippen LogP contribution is -2.00. The van der Waals surface area contributed by atoms with Crippen molar-refractivity contribution < 1.29 is 9.53 Å². The molecule has 0 aromatic rings. The summed E-state index contributed by atoms with van der Waals surface area (Å²) in [5.74, 6) is 1.65. The lowest BCUT2D eigenvalue weighted by atomic mass is 9.94. The van der Waals surface area contributed by atoms with Gasteiger partial charge in [-0.15, -0.1) is 0 Å². The van der Waals surface area contributed by atoms with E-state index in [0.717, 1.165) is 24.7 Å². The Hall–Kier alpha value is -0.530. The highest BCUT2D eigenvalue weighted by Crippen LogP contribution is 2.19. The normalized spacial score (nSPS) is 14.2. The van der Waals surface area contributed by atoms with Crippen molar-refractivity contribution >= 4 is 5.97 Å². The third-order valence-electron chi connectivity index (χ3n) is 3.90. The van der Waals surface area contributed by atoms with Crippen molar-refractivity contribution in [2.75, 3.05) is 7.11 Å². The van der Waals surface area contributed by atoms with E-state index in [2.05, 4.69) is 25.5 Å². The molecule has 108 valence electrons. The smallest absolute Gasteiger partial charge is 0.305 e. The van der Waals surface area contributed by atoms with Crippen molar-refractivity contribution in [3.8, 4) is 0 Å². The van der Waals surface area contributed by atoms with Crippen LogP contribution in [-0.2, 0) is 9.53 Å². The third-order valence-corrected chi connectivity index (χ3v) is 3.90. The Morgan fingerprint density at radius 2 is 1.56 bits per heavy atom. The van der Waals surface area contributed by atoms with Crippen LogP contribution in [0.1, 0.15) is 78.6 Å². The quantitative estimate of drug-likeness (QED) is 0.385. The van der Waals surface area contributed by atoms with Crippen molar-refractivity contribution in [3.05, 3.63) is 0 Å². The van der Waals surface area contributed by atoms with Crippen LogP contribution in [0, 0.1) is 11.8 Å². The van der Waals surface area contributed by atoms with Crippen molar-refractivity contribution in [2.24, 2.45) is 11.8 Å². The van der Waals surface area contributed by atoms with Crippen LogP contribution in [0.5, 0.6) is 0 Å². The maximum absolute atomic E-state index is 10.9. The molecule has 0 amide bonds. The Morgan fingerprint density at radius 1 is 0.944 bits per heavy atom. The molecule has 0 aliphatic rings. The van der Waals surface area contributed by atoms with Crippen LogP contribution in [0.25, 0.3) is 0 Å². The van der Waals surface area contributed by atoms with Gasteiger partial charge >= 0.3 is 5.97 Å². The van der Waals surface area contributed by atoms with E-state index in [0.29, 0.717) is 6.42 Å². The topological polar surface area (TPSA) is 26.3 Å². The summed E-state index contributed by atoms with van der Waals surface area (Å²) in [5.41, 5.74) is 0. The number of carbonyl (C=O) groups is 1. The third kappa shape index (κ3) is 10.6. The number of unbranched alkanes of at least 4 members (excludes halogenated alkanes) is 2. The Morgan fingerprint density at radius 3 is 2.17 bits per heavy atom. The highest BCUT2D eigenvalue weighted by atomic mass is 16.5. The number of rotatable bonds is 11. The highest BCUT2D eigenvalue weighted by Gasteiger charge is 2.05. The number of esters is 1. The molecule has 0 rings (SSSR count). The predicted octanol–water partition coefficient (Wildman–Crippen LogP) is 4.96. The van der Waals surface area contributed by atoms with E-state index in [4.69, 9.17) is 0 Å². The fraction of sp³-hybridized carbons (Fsp3) is 0.938. The van der Waals surface area contributed by atoms with Crippen LogP contribution in [0.4, 0.5) is 0 Å². The van der Waals surface area contributed by atoms with E-state index < -0.39 is 0 Å². The molecule has 2 nitrogen and oxygen atoms in total. The van der Waals surface area contributed by atoms with Crippen LogP contribution in [0.15, 0.2) is 0 Å². The van der Waals surface area contributed by atoms with Crippen LogP contribution in [0.2, 0.25) is 0 Å². The monoisotopic (exact) mass is 256 g/mol. The summed E-state index contributed by atoms with van der Waals surface area (Å²) in [6.45, 7) is 6.98. The molecule has 2 unspecified atom stereocenters. The second kappa shape index (κ2) is 11.6. The van der Waals surface area contributed by atoms with Crippen molar-refractivity contribution in [2.45, 2.75) is 78.6 Å². The van der Waals surface area contributed by atoms with Crippen molar-refractivity contribution in [3.63, 3.8) is 0 Å². The molecule has 0 spiro atoms. The molecular formula is C16H32O2. The fourth-order valence-electron chi connectivity index (χ4n) is 2.20. The SMILES string of the molecule is CCC(C)CCCC(C)CCCCCC(=O)OC. The number of hydrogen-bond donors (Lipinski definition) is 0. The summed E-state index contributed by atoms with van der Waals surface area (Å²) in [5, 5.41) is 0. The number of carbonyl (C=O) groups excluding carboxylic acids is 1. The van der Waals surface area contributed by atoms with Gasteiger partial charge in [-0.05, 0) is 18.3 Å². The Labute approximate surface area is 113 Å². The molecule has 2 atom stereocenters. The number of methoxy groups -OCH3 is 1.